The van der Waals surface area contributed by atoms with Gasteiger partial charge in [0.05, 0.1) is 6.54 Å². The minimum Gasteiger partial charge on any atom is -0.356 e. The highest BCUT2D eigenvalue weighted by Gasteiger charge is 2.29. The number of likely N-dealkylation sites (tertiary alicyclic amines) is 1. The van der Waals surface area contributed by atoms with Gasteiger partial charge in [0.2, 0.25) is 11.8 Å². The number of aromatic nitrogens is 3. The molecule has 0 bridgehead atoms. The molecule has 0 saturated carbocycles. The van der Waals surface area contributed by atoms with Crippen LogP contribution in [0.1, 0.15) is 54.9 Å². The Labute approximate surface area is 189 Å². The first kappa shape index (κ1) is 22.2. The largest absolute Gasteiger partial charge is 0.356 e. The molecule has 4 heterocycles. The van der Waals surface area contributed by atoms with E-state index in [2.05, 4.69) is 28.2 Å². The van der Waals surface area contributed by atoms with E-state index in [9.17, 15) is 9.59 Å². The quantitative estimate of drug-likeness (QED) is 0.745. The highest BCUT2D eigenvalue weighted by atomic mass is 16.2. The molecule has 2 aliphatic heterocycles. The van der Waals surface area contributed by atoms with Gasteiger partial charge in [0.15, 0.2) is 0 Å². The van der Waals surface area contributed by atoms with Crippen molar-refractivity contribution in [3.63, 3.8) is 0 Å². The third kappa shape index (κ3) is 5.23. The smallest absolute Gasteiger partial charge is 0.241 e. The lowest BCUT2D eigenvalue weighted by molar-refractivity contribution is -0.133. The fourth-order valence-corrected chi connectivity index (χ4v) is 4.63. The lowest BCUT2D eigenvalue weighted by Gasteiger charge is -2.34. The molecule has 2 amide bonds. The third-order valence-electron chi connectivity index (χ3n) is 6.36. The molecule has 1 atom stereocenters. The van der Waals surface area contributed by atoms with Gasteiger partial charge in [-0.1, -0.05) is 6.07 Å². The normalized spacial score (nSPS) is 18.2. The van der Waals surface area contributed by atoms with Crippen LogP contribution in [0.3, 0.4) is 0 Å². The number of anilines is 1. The standard InChI is InChI=1S/C24H32N6O2/c1-17-21-9-6-12-29(14-10-20-8-3-4-11-25-20)24(21)28-23(27-17)19-7-5-13-30(16-19)22(32)15-26-18(2)31/h3-4,8,11,19H,5-7,9-10,12-16H2,1-2H3,(H,26,31)/t19-/m0/s1. The van der Waals surface area contributed by atoms with Crippen LogP contribution in [0, 0.1) is 6.92 Å². The maximum Gasteiger partial charge on any atom is 0.241 e. The SMILES string of the molecule is CC(=O)NCC(=O)N1CCC[C@H](c2nc(C)c3c(n2)N(CCc2ccccn2)CCC3)C1. The second-order valence-corrected chi connectivity index (χ2v) is 8.72. The number of pyridine rings is 1. The molecule has 0 radical (unpaired) electrons. The van der Waals surface area contributed by atoms with E-state index in [4.69, 9.17) is 9.97 Å². The molecule has 2 aliphatic rings. The molecule has 1 saturated heterocycles. The average Bonchev–Trinajstić information content (AvgIpc) is 2.82. The van der Waals surface area contributed by atoms with Gasteiger partial charge in [-0.05, 0) is 44.7 Å². The van der Waals surface area contributed by atoms with E-state index in [0.717, 1.165) is 74.8 Å². The summed E-state index contributed by atoms with van der Waals surface area (Å²) in [6, 6.07) is 6.03. The van der Waals surface area contributed by atoms with Gasteiger partial charge in [0.1, 0.15) is 11.6 Å². The molecule has 1 N–H and O–H groups in total. The molecule has 8 heteroatoms. The number of nitrogens with one attached hydrogen (secondary N) is 1. The summed E-state index contributed by atoms with van der Waals surface area (Å²) in [6.07, 6.45) is 6.72. The molecule has 0 aromatic carbocycles. The Balaban J connectivity index is 1.49. The van der Waals surface area contributed by atoms with Gasteiger partial charge in [0.25, 0.3) is 0 Å². The zero-order chi connectivity index (χ0) is 22.5. The van der Waals surface area contributed by atoms with Crippen LogP contribution < -0.4 is 10.2 Å². The Morgan fingerprint density at radius 2 is 2.06 bits per heavy atom. The van der Waals surface area contributed by atoms with Crippen LogP contribution in [0.25, 0.3) is 0 Å². The monoisotopic (exact) mass is 436 g/mol. The molecule has 8 nitrogen and oxygen atoms in total. The van der Waals surface area contributed by atoms with Gasteiger partial charge in [-0.25, -0.2) is 9.97 Å². The van der Waals surface area contributed by atoms with Crippen molar-refractivity contribution in [2.45, 2.75) is 51.9 Å². The minimum absolute atomic E-state index is 0.0448. The molecular weight excluding hydrogens is 404 g/mol. The van der Waals surface area contributed by atoms with E-state index in [-0.39, 0.29) is 24.3 Å². The molecule has 4 rings (SSSR count). The Morgan fingerprint density at radius 3 is 2.84 bits per heavy atom. The number of amides is 2. The summed E-state index contributed by atoms with van der Waals surface area (Å²) < 4.78 is 0. The number of nitrogens with zero attached hydrogens (tertiary/aromatic N) is 5. The topological polar surface area (TPSA) is 91.3 Å². The van der Waals surface area contributed by atoms with Gasteiger partial charge < -0.3 is 15.1 Å². The zero-order valence-electron chi connectivity index (χ0n) is 19.0. The number of rotatable bonds is 6. The van der Waals surface area contributed by atoms with Crippen LogP contribution in [0.5, 0.6) is 0 Å². The number of aryl methyl sites for hydroxylation is 1. The van der Waals surface area contributed by atoms with Crippen LogP contribution in [-0.2, 0) is 22.4 Å². The molecule has 0 spiro atoms. The molecule has 0 unspecified atom stereocenters. The Bertz CT molecular complexity index is 964. The Hall–Kier alpha value is -3.03. The summed E-state index contributed by atoms with van der Waals surface area (Å²) in [6.45, 7) is 6.74. The van der Waals surface area contributed by atoms with Crippen molar-refractivity contribution in [2.75, 3.05) is 37.6 Å². The number of carbonyl (C=O) groups is 2. The summed E-state index contributed by atoms with van der Waals surface area (Å²) >= 11 is 0. The van der Waals surface area contributed by atoms with Crippen LogP contribution in [0.4, 0.5) is 5.82 Å². The number of carbonyl (C=O) groups excluding carboxylic acids is 2. The second kappa shape index (κ2) is 10.1. The highest BCUT2D eigenvalue weighted by Crippen LogP contribution is 2.31. The average molecular weight is 437 g/mol. The van der Waals surface area contributed by atoms with Crippen molar-refractivity contribution in [2.24, 2.45) is 0 Å². The van der Waals surface area contributed by atoms with Gasteiger partial charge >= 0.3 is 0 Å². The first-order valence-electron chi connectivity index (χ1n) is 11.6. The van der Waals surface area contributed by atoms with Gasteiger partial charge in [-0.3, -0.25) is 14.6 Å². The molecule has 2 aromatic heterocycles. The molecule has 1 fully saturated rings. The minimum atomic E-state index is -0.189. The first-order chi connectivity index (χ1) is 15.5. The van der Waals surface area contributed by atoms with E-state index in [1.165, 1.54) is 12.5 Å². The Morgan fingerprint density at radius 1 is 1.19 bits per heavy atom. The lowest BCUT2D eigenvalue weighted by atomic mass is 9.96. The number of hydrogen-bond acceptors (Lipinski definition) is 6. The van der Waals surface area contributed by atoms with E-state index in [1.54, 1.807) is 0 Å². The maximum absolute atomic E-state index is 12.5. The van der Waals surface area contributed by atoms with Crippen molar-refractivity contribution in [3.05, 3.63) is 47.2 Å². The summed E-state index contributed by atoms with van der Waals surface area (Å²) in [7, 11) is 0. The summed E-state index contributed by atoms with van der Waals surface area (Å²) in [4.78, 5) is 42.2. The summed E-state index contributed by atoms with van der Waals surface area (Å²) in [5.41, 5.74) is 3.39. The molecule has 0 aliphatic carbocycles. The first-order valence-corrected chi connectivity index (χ1v) is 11.6. The van der Waals surface area contributed by atoms with Crippen molar-refractivity contribution >= 4 is 17.6 Å². The van der Waals surface area contributed by atoms with Crippen LogP contribution in [0.2, 0.25) is 0 Å². The Kier molecular flexibility index (Phi) is 6.97. The molecular formula is C24H32N6O2. The van der Waals surface area contributed by atoms with Gasteiger partial charge in [-0.2, -0.15) is 0 Å². The molecule has 32 heavy (non-hydrogen) atoms. The zero-order valence-corrected chi connectivity index (χ0v) is 19.0. The van der Waals surface area contributed by atoms with E-state index in [0.29, 0.717) is 6.54 Å². The summed E-state index contributed by atoms with van der Waals surface area (Å²) in [5.74, 6) is 1.77. The fraction of sp³-hybridized carbons (Fsp3) is 0.542. The van der Waals surface area contributed by atoms with Gasteiger partial charge in [-0.15, -0.1) is 0 Å². The lowest BCUT2D eigenvalue weighted by Crippen LogP contribution is -2.44. The summed E-state index contributed by atoms with van der Waals surface area (Å²) in [5, 5.41) is 2.61. The van der Waals surface area contributed by atoms with Crippen LogP contribution in [0.15, 0.2) is 24.4 Å². The second-order valence-electron chi connectivity index (χ2n) is 8.72. The number of hydrogen-bond donors (Lipinski definition) is 1. The molecule has 2 aromatic rings. The van der Waals surface area contributed by atoms with Crippen molar-refractivity contribution in [3.8, 4) is 0 Å². The van der Waals surface area contributed by atoms with Crippen molar-refractivity contribution < 1.29 is 9.59 Å². The van der Waals surface area contributed by atoms with Crippen molar-refractivity contribution in [1.29, 1.82) is 0 Å². The molecule has 170 valence electrons. The van der Waals surface area contributed by atoms with Crippen LogP contribution in [-0.4, -0.2) is 64.4 Å². The van der Waals surface area contributed by atoms with E-state index < -0.39 is 0 Å². The van der Waals surface area contributed by atoms with E-state index in [1.807, 2.05) is 23.2 Å². The van der Waals surface area contributed by atoms with Crippen LogP contribution >= 0.6 is 0 Å². The number of piperidine rings is 1. The van der Waals surface area contributed by atoms with Crippen molar-refractivity contribution in [1.82, 2.24) is 25.2 Å². The maximum atomic E-state index is 12.5. The predicted molar refractivity (Wildman–Crippen MR) is 122 cm³/mol. The van der Waals surface area contributed by atoms with E-state index >= 15 is 0 Å². The highest BCUT2D eigenvalue weighted by molar-refractivity contribution is 5.83. The number of fused-ring (bicyclic) bond motifs is 1. The fourth-order valence-electron chi connectivity index (χ4n) is 4.63. The predicted octanol–water partition coefficient (Wildman–Crippen LogP) is 2.02. The third-order valence-corrected chi connectivity index (χ3v) is 6.36. The van der Waals surface area contributed by atoms with Gasteiger partial charge in [0, 0.05) is 68.6 Å².